The van der Waals surface area contributed by atoms with E-state index in [-0.39, 0.29) is 18.6 Å². The molecule has 0 saturated carbocycles. The fraction of sp³-hybridized carbons (Fsp3) is 0.136. The van der Waals surface area contributed by atoms with Crippen molar-refractivity contribution in [3.05, 3.63) is 95.7 Å². The number of aromatic nitrogens is 2. The van der Waals surface area contributed by atoms with Gasteiger partial charge in [0.2, 0.25) is 5.91 Å². The van der Waals surface area contributed by atoms with Crippen LogP contribution in [0.15, 0.2) is 69.6 Å². The second-order valence-electron chi connectivity index (χ2n) is 6.88. The number of nitrogens with one attached hydrogen (secondary N) is 1. The van der Waals surface area contributed by atoms with E-state index in [1.807, 2.05) is 17.5 Å². The lowest BCUT2D eigenvalue weighted by molar-refractivity contribution is -0.116. The number of hydrogen-bond donors (Lipinski definition) is 1. The van der Waals surface area contributed by atoms with Crippen molar-refractivity contribution < 1.29 is 4.79 Å². The van der Waals surface area contributed by atoms with Gasteiger partial charge >= 0.3 is 5.69 Å². The van der Waals surface area contributed by atoms with E-state index in [2.05, 4.69) is 5.32 Å². The fourth-order valence-corrected chi connectivity index (χ4v) is 4.59. The van der Waals surface area contributed by atoms with Crippen molar-refractivity contribution in [2.75, 3.05) is 5.32 Å². The van der Waals surface area contributed by atoms with Crippen LogP contribution in [0.3, 0.4) is 0 Å². The molecule has 4 aromatic rings. The zero-order chi connectivity index (χ0) is 22.0. The molecule has 6 nitrogen and oxygen atoms in total. The molecular formula is C22H17Cl2N3O3S. The monoisotopic (exact) mass is 473 g/mol. The summed E-state index contributed by atoms with van der Waals surface area (Å²) in [5.74, 6) is -0.436. The summed E-state index contributed by atoms with van der Waals surface area (Å²) in [5, 5.41) is 5.79. The van der Waals surface area contributed by atoms with Gasteiger partial charge < -0.3 is 5.32 Å². The van der Waals surface area contributed by atoms with E-state index in [1.54, 1.807) is 53.8 Å². The van der Waals surface area contributed by atoms with Crippen LogP contribution in [0, 0.1) is 0 Å². The standard InChI is InChI=1S/C22H17Cl2N3O3S/c23-14-10-15(24)12-16(11-14)25-20(28)13-27-19-6-2-1-5-18(19)21(29)26(22(27)30)8-7-17-4-3-9-31-17/h1-6,9-12H,7-8,13H2,(H,25,28). The van der Waals surface area contributed by atoms with E-state index >= 15 is 0 Å². The maximum absolute atomic E-state index is 13.2. The topological polar surface area (TPSA) is 73.1 Å². The van der Waals surface area contributed by atoms with Gasteiger partial charge in [0.1, 0.15) is 6.54 Å². The zero-order valence-electron chi connectivity index (χ0n) is 16.2. The summed E-state index contributed by atoms with van der Waals surface area (Å²) in [4.78, 5) is 39.9. The van der Waals surface area contributed by atoms with Gasteiger partial charge in [0, 0.05) is 27.2 Å². The molecule has 0 radical (unpaired) electrons. The molecular weight excluding hydrogens is 457 g/mol. The molecule has 0 saturated heterocycles. The Balaban J connectivity index is 1.69. The summed E-state index contributed by atoms with van der Waals surface area (Å²) in [6.45, 7) is -0.0305. The molecule has 0 spiro atoms. The minimum Gasteiger partial charge on any atom is -0.324 e. The molecule has 0 aliphatic rings. The van der Waals surface area contributed by atoms with Crippen LogP contribution in [0.25, 0.3) is 10.9 Å². The normalized spacial score (nSPS) is 11.0. The molecule has 9 heteroatoms. The molecule has 2 aromatic heterocycles. The van der Waals surface area contributed by atoms with Crippen molar-refractivity contribution in [3.8, 4) is 0 Å². The number of anilines is 1. The fourth-order valence-electron chi connectivity index (χ4n) is 3.37. The first-order valence-electron chi connectivity index (χ1n) is 9.43. The molecule has 0 aliphatic carbocycles. The van der Waals surface area contributed by atoms with Crippen LogP contribution >= 0.6 is 34.5 Å². The Kier molecular flexibility index (Phi) is 6.27. The Morgan fingerprint density at radius 1 is 0.968 bits per heavy atom. The zero-order valence-corrected chi connectivity index (χ0v) is 18.5. The largest absolute Gasteiger partial charge is 0.331 e. The third kappa shape index (κ3) is 4.74. The lowest BCUT2D eigenvalue weighted by Gasteiger charge is -2.14. The quantitative estimate of drug-likeness (QED) is 0.450. The Morgan fingerprint density at radius 2 is 1.71 bits per heavy atom. The van der Waals surface area contributed by atoms with Crippen molar-refractivity contribution in [3.63, 3.8) is 0 Å². The molecule has 0 unspecified atom stereocenters. The van der Waals surface area contributed by atoms with Crippen molar-refractivity contribution in [2.24, 2.45) is 0 Å². The van der Waals surface area contributed by atoms with Gasteiger partial charge in [-0.25, -0.2) is 4.79 Å². The van der Waals surface area contributed by atoms with Gasteiger partial charge in [-0.2, -0.15) is 0 Å². The van der Waals surface area contributed by atoms with Crippen molar-refractivity contribution in [2.45, 2.75) is 19.5 Å². The number of carbonyl (C=O) groups is 1. The number of hydrogen-bond acceptors (Lipinski definition) is 4. The van der Waals surface area contributed by atoms with Crippen LogP contribution in [0.2, 0.25) is 10.0 Å². The third-order valence-corrected chi connectivity index (χ3v) is 6.11. The number of para-hydroxylation sites is 1. The first kappa shape index (κ1) is 21.4. The molecule has 0 fully saturated rings. The molecule has 0 atom stereocenters. The van der Waals surface area contributed by atoms with E-state index < -0.39 is 11.6 Å². The Hall–Kier alpha value is -2.87. The number of fused-ring (bicyclic) bond motifs is 1. The minimum absolute atomic E-state index is 0.231. The van der Waals surface area contributed by atoms with E-state index in [0.717, 1.165) is 4.88 Å². The summed E-state index contributed by atoms with van der Waals surface area (Å²) in [7, 11) is 0. The first-order valence-corrected chi connectivity index (χ1v) is 11.1. The average molecular weight is 474 g/mol. The first-order chi connectivity index (χ1) is 14.9. The Morgan fingerprint density at radius 3 is 2.42 bits per heavy atom. The third-order valence-electron chi connectivity index (χ3n) is 4.74. The number of halogens is 2. The maximum Gasteiger partial charge on any atom is 0.331 e. The average Bonchev–Trinajstić information content (AvgIpc) is 3.24. The van der Waals surface area contributed by atoms with E-state index in [9.17, 15) is 14.4 Å². The second kappa shape index (κ2) is 9.09. The van der Waals surface area contributed by atoms with Gasteiger partial charge in [0.15, 0.2) is 0 Å². The predicted molar refractivity (Wildman–Crippen MR) is 126 cm³/mol. The van der Waals surface area contributed by atoms with Crippen LogP contribution in [0.4, 0.5) is 5.69 Å². The summed E-state index contributed by atoms with van der Waals surface area (Å²) in [6.07, 6.45) is 0.554. The highest BCUT2D eigenvalue weighted by atomic mass is 35.5. The molecule has 31 heavy (non-hydrogen) atoms. The van der Waals surface area contributed by atoms with Crippen molar-refractivity contribution >= 4 is 57.0 Å². The second-order valence-corrected chi connectivity index (χ2v) is 8.78. The lowest BCUT2D eigenvalue weighted by Crippen LogP contribution is -2.42. The molecule has 0 bridgehead atoms. The van der Waals surface area contributed by atoms with Crippen molar-refractivity contribution in [1.82, 2.24) is 9.13 Å². The number of aryl methyl sites for hydroxylation is 1. The van der Waals surface area contributed by atoms with Crippen molar-refractivity contribution in [1.29, 1.82) is 0 Å². The van der Waals surface area contributed by atoms with Crippen LogP contribution in [-0.2, 0) is 24.3 Å². The summed E-state index contributed by atoms with van der Waals surface area (Å²) in [6, 6.07) is 15.3. The van der Waals surface area contributed by atoms with Gasteiger partial charge in [-0.15, -0.1) is 11.3 Å². The van der Waals surface area contributed by atoms with Gasteiger partial charge in [0.05, 0.1) is 10.9 Å². The molecule has 1 amide bonds. The number of thiophene rings is 1. The number of nitrogens with zero attached hydrogens (tertiary/aromatic N) is 2. The summed E-state index contributed by atoms with van der Waals surface area (Å²) < 4.78 is 2.50. The highest BCUT2D eigenvalue weighted by Crippen LogP contribution is 2.22. The van der Waals surface area contributed by atoms with Crippen LogP contribution < -0.4 is 16.6 Å². The van der Waals surface area contributed by atoms with Crippen LogP contribution in [-0.4, -0.2) is 15.0 Å². The van der Waals surface area contributed by atoms with E-state index in [1.165, 1.54) is 9.13 Å². The number of benzene rings is 2. The molecule has 2 aromatic carbocycles. The number of amides is 1. The van der Waals surface area contributed by atoms with E-state index in [4.69, 9.17) is 23.2 Å². The number of rotatable bonds is 6. The molecule has 158 valence electrons. The van der Waals surface area contributed by atoms with Gasteiger partial charge in [-0.1, -0.05) is 41.4 Å². The molecule has 0 aliphatic heterocycles. The molecule has 2 heterocycles. The SMILES string of the molecule is O=C(Cn1c(=O)n(CCc2cccs2)c(=O)c2ccccc21)Nc1cc(Cl)cc(Cl)c1. The smallest absolute Gasteiger partial charge is 0.324 e. The van der Waals surface area contributed by atoms with E-state index in [0.29, 0.717) is 33.1 Å². The summed E-state index contributed by atoms with van der Waals surface area (Å²) >= 11 is 13.5. The van der Waals surface area contributed by atoms with Crippen LogP contribution in [0.1, 0.15) is 4.88 Å². The maximum atomic E-state index is 13.2. The highest BCUT2D eigenvalue weighted by Gasteiger charge is 2.16. The lowest BCUT2D eigenvalue weighted by atomic mass is 10.2. The number of carbonyl (C=O) groups excluding carboxylic acids is 1. The van der Waals surface area contributed by atoms with Gasteiger partial charge in [-0.05, 0) is 48.2 Å². The van der Waals surface area contributed by atoms with Crippen LogP contribution in [0.5, 0.6) is 0 Å². The molecule has 4 rings (SSSR count). The highest BCUT2D eigenvalue weighted by molar-refractivity contribution is 7.09. The predicted octanol–water partition coefficient (Wildman–Crippen LogP) is 4.41. The Labute approximate surface area is 191 Å². The minimum atomic E-state index is -0.528. The van der Waals surface area contributed by atoms with Gasteiger partial charge in [-0.3, -0.25) is 18.7 Å². The summed E-state index contributed by atoms with van der Waals surface area (Å²) in [5.41, 5.74) is -0.0648. The molecule has 1 N–H and O–H groups in total. The van der Waals surface area contributed by atoms with Gasteiger partial charge in [0.25, 0.3) is 5.56 Å². The Bertz CT molecular complexity index is 1360.